The molecule has 0 saturated heterocycles. The Hall–Kier alpha value is -1.54. The average molecular weight is 243 g/mol. The SMILES string of the molecule is CC1C=CC(c2ccc(N(C)CCO)cc2)=CC1. The van der Waals surface area contributed by atoms with Gasteiger partial charge in [-0.3, -0.25) is 0 Å². The van der Waals surface area contributed by atoms with Gasteiger partial charge in [-0.1, -0.05) is 37.3 Å². The second kappa shape index (κ2) is 5.87. The molecule has 0 fully saturated rings. The highest BCUT2D eigenvalue weighted by Crippen LogP contribution is 2.25. The minimum absolute atomic E-state index is 0.185. The molecule has 0 amide bonds. The predicted molar refractivity (Wildman–Crippen MR) is 77.7 cm³/mol. The molecule has 1 aromatic rings. The van der Waals surface area contributed by atoms with Crippen LogP contribution >= 0.6 is 0 Å². The summed E-state index contributed by atoms with van der Waals surface area (Å²) in [6.45, 7) is 3.08. The molecule has 0 spiro atoms. The van der Waals surface area contributed by atoms with E-state index in [1.807, 2.05) is 7.05 Å². The molecule has 0 aromatic heterocycles. The van der Waals surface area contributed by atoms with Gasteiger partial charge in [0.1, 0.15) is 0 Å². The number of aliphatic hydroxyl groups is 1. The predicted octanol–water partition coefficient (Wildman–Crippen LogP) is 3.09. The summed E-state index contributed by atoms with van der Waals surface area (Å²) >= 11 is 0. The molecule has 1 aliphatic rings. The molecule has 96 valence electrons. The summed E-state index contributed by atoms with van der Waals surface area (Å²) in [5, 5.41) is 8.92. The van der Waals surface area contributed by atoms with Gasteiger partial charge in [0.25, 0.3) is 0 Å². The third-order valence-electron chi connectivity index (χ3n) is 3.39. The van der Waals surface area contributed by atoms with Crippen LogP contribution in [0.4, 0.5) is 5.69 Å². The van der Waals surface area contributed by atoms with Crippen molar-refractivity contribution in [3.8, 4) is 0 Å². The van der Waals surface area contributed by atoms with Crippen molar-refractivity contribution in [2.75, 3.05) is 25.1 Å². The number of anilines is 1. The van der Waals surface area contributed by atoms with Gasteiger partial charge in [-0.25, -0.2) is 0 Å². The molecular formula is C16H21NO. The van der Waals surface area contributed by atoms with Crippen LogP contribution in [-0.2, 0) is 0 Å². The van der Waals surface area contributed by atoms with Crippen LogP contribution < -0.4 is 4.90 Å². The number of nitrogens with zero attached hydrogens (tertiary/aromatic N) is 1. The summed E-state index contributed by atoms with van der Waals surface area (Å²) in [4.78, 5) is 2.05. The Balaban J connectivity index is 2.11. The van der Waals surface area contributed by atoms with Crippen molar-refractivity contribution < 1.29 is 5.11 Å². The van der Waals surface area contributed by atoms with Crippen molar-refractivity contribution in [2.45, 2.75) is 13.3 Å². The van der Waals surface area contributed by atoms with Crippen molar-refractivity contribution in [3.05, 3.63) is 48.1 Å². The van der Waals surface area contributed by atoms with E-state index >= 15 is 0 Å². The number of benzene rings is 1. The first kappa shape index (κ1) is 12.9. The van der Waals surface area contributed by atoms with Gasteiger partial charge in [0, 0.05) is 19.3 Å². The summed E-state index contributed by atoms with van der Waals surface area (Å²) in [6, 6.07) is 8.51. The second-order valence-electron chi connectivity index (χ2n) is 4.92. The van der Waals surface area contributed by atoms with E-state index in [1.54, 1.807) is 0 Å². The van der Waals surface area contributed by atoms with Crippen LogP contribution in [0.5, 0.6) is 0 Å². The first-order valence-corrected chi connectivity index (χ1v) is 6.51. The second-order valence-corrected chi connectivity index (χ2v) is 4.92. The van der Waals surface area contributed by atoms with Gasteiger partial charge in [-0.2, -0.15) is 0 Å². The molecule has 1 aromatic carbocycles. The highest BCUT2D eigenvalue weighted by atomic mass is 16.3. The maximum absolute atomic E-state index is 8.92. The number of rotatable bonds is 4. The Morgan fingerprint density at radius 3 is 2.56 bits per heavy atom. The lowest BCUT2D eigenvalue weighted by Gasteiger charge is -2.18. The van der Waals surface area contributed by atoms with E-state index in [1.165, 1.54) is 11.1 Å². The van der Waals surface area contributed by atoms with Gasteiger partial charge in [0.05, 0.1) is 6.61 Å². The van der Waals surface area contributed by atoms with E-state index in [0.29, 0.717) is 12.5 Å². The molecule has 2 rings (SSSR count). The fourth-order valence-electron chi connectivity index (χ4n) is 2.13. The summed E-state index contributed by atoms with van der Waals surface area (Å²) in [7, 11) is 1.99. The zero-order chi connectivity index (χ0) is 13.0. The van der Waals surface area contributed by atoms with E-state index in [0.717, 1.165) is 12.1 Å². The van der Waals surface area contributed by atoms with Gasteiger partial charge in [-0.15, -0.1) is 0 Å². The zero-order valence-electron chi connectivity index (χ0n) is 11.1. The number of aliphatic hydroxyl groups excluding tert-OH is 1. The van der Waals surface area contributed by atoms with Gasteiger partial charge in [0.2, 0.25) is 0 Å². The van der Waals surface area contributed by atoms with Gasteiger partial charge < -0.3 is 10.0 Å². The number of allylic oxidation sites excluding steroid dienone is 4. The van der Waals surface area contributed by atoms with E-state index in [4.69, 9.17) is 5.11 Å². The highest BCUT2D eigenvalue weighted by molar-refractivity contribution is 5.75. The van der Waals surface area contributed by atoms with Gasteiger partial charge >= 0.3 is 0 Å². The van der Waals surface area contributed by atoms with Crippen LogP contribution in [0, 0.1) is 5.92 Å². The Morgan fingerprint density at radius 1 is 1.28 bits per heavy atom. The summed E-state index contributed by atoms with van der Waals surface area (Å²) in [5.74, 6) is 0.656. The molecule has 2 nitrogen and oxygen atoms in total. The Kier molecular flexibility index (Phi) is 4.21. The van der Waals surface area contributed by atoms with E-state index in [9.17, 15) is 0 Å². The highest BCUT2D eigenvalue weighted by Gasteiger charge is 2.06. The molecular weight excluding hydrogens is 222 g/mol. The molecule has 0 saturated carbocycles. The fourth-order valence-corrected chi connectivity index (χ4v) is 2.13. The molecule has 1 aliphatic carbocycles. The molecule has 1 unspecified atom stereocenters. The lowest BCUT2D eigenvalue weighted by Crippen LogP contribution is -2.20. The van der Waals surface area contributed by atoms with Crippen LogP contribution in [-0.4, -0.2) is 25.3 Å². The van der Waals surface area contributed by atoms with Crippen LogP contribution in [0.2, 0.25) is 0 Å². The Morgan fingerprint density at radius 2 is 2.00 bits per heavy atom. The first-order chi connectivity index (χ1) is 8.70. The quantitative estimate of drug-likeness (QED) is 0.878. The van der Waals surface area contributed by atoms with Crippen molar-refractivity contribution in [2.24, 2.45) is 5.92 Å². The van der Waals surface area contributed by atoms with E-state index < -0.39 is 0 Å². The molecule has 1 atom stereocenters. The van der Waals surface area contributed by atoms with E-state index in [-0.39, 0.29) is 6.61 Å². The summed E-state index contributed by atoms with van der Waals surface area (Å²) in [6.07, 6.45) is 7.90. The first-order valence-electron chi connectivity index (χ1n) is 6.51. The van der Waals surface area contributed by atoms with Crippen LogP contribution in [0.1, 0.15) is 18.9 Å². The van der Waals surface area contributed by atoms with Gasteiger partial charge in [-0.05, 0) is 35.6 Å². The fraction of sp³-hybridized carbons (Fsp3) is 0.375. The number of hydrogen-bond acceptors (Lipinski definition) is 2. The maximum atomic E-state index is 8.92. The van der Waals surface area contributed by atoms with Crippen molar-refractivity contribution in [3.63, 3.8) is 0 Å². The lowest BCUT2D eigenvalue weighted by molar-refractivity contribution is 0.304. The van der Waals surface area contributed by atoms with Crippen molar-refractivity contribution in [1.29, 1.82) is 0 Å². The standard InChI is InChI=1S/C16H21NO/c1-13-3-5-14(6-4-13)15-7-9-16(10-8-15)17(2)11-12-18/h3,5-10,13,18H,4,11-12H2,1-2H3. The minimum Gasteiger partial charge on any atom is -0.395 e. The van der Waals surface area contributed by atoms with Crippen molar-refractivity contribution >= 4 is 11.3 Å². The molecule has 0 heterocycles. The number of hydrogen-bond donors (Lipinski definition) is 1. The Labute approximate surface area is 109 Å². The molecule has 18 heavy (non-hydrogen) atoms. The molecule has 0 aliphatic heterocycles. The average Bonchev–Trinajstić information content (AvgIpc) is 2.40. The third-order valence-corrected chi connectivity index (χ3v) is 3.39. The normalized spacial score (nSPS) is 18.6. The summed E-state index contributed by atoms with van der Waals surface area (Å²) in [5.41, 5.74) is 3.71. The third kappa shape index (κ3) is 3.02. The monoisotopic (exact) mass is 243 g/mol. The van der Waals surface area contributed by atoms with Crippen LogP contribution in [0.3, 0.4) is 0 Å². The van der Waals surface area contributed by atoms with Gasteiger partial charge in [0.15, 0.2) is 0 Å². The Bertz CT molecular complexity index is 445. The zero-order valence-corrected chi connectivity index (χ0v) is 11.1. The molecule has 0 bridgehead atoms. The topological polar surface area (TPSA) is 23.5 Å². The molecule has 1 N–H and O–H groups in total. The minimum atomic E-state index is 0.185. The smallest absolute Gasteiger partial charge is 0.0606 e. The summed E-state index contributed by atoms with van der Waals surface area (Å²) < 4.78 is 0. The van der Waals surface area contributed by atoms with Crippen LogP contribution in [0.25, 0.3) is 5.57 Å². The van der Waals surface area contributed by atoms with Crippen LogP contribution in [0.15, 0.2) is 42.5 Å². The lowest BCUT2D eigenvalue weighted by atomic mass is 9.94. The number of likely N-dealkylation sites (N-methyl/N-ethyl adjacent to an activating group) is 1. The maximum Gasteiger partial charge on any atom is 0.0606 e. The molecule has 0 radical (unpaired) electrons. The van der Waals surface area contributed by atoms with E-state index in [2.05, 4.69) is 54.3 Å². The van der Waals surface area contributed by atoms with Crippen molar-refractivity contribution in [1.82, 2.24) is 0 Å². The largest absolute Gasteiger partial charge is 0.395 e. The molecule has 2 heteroatoms.